The molecule has 0 aromatic rings. The fourth-order valence-corrected chi connectivity index (χ4v) is 2.66. The molecule has 0 heterocycles. The molecule has 0 bridgehead atoms. The van der Waals surface area contributed by atoms with Crippen molar-refractivity contribution in [3.05, 3.63) is 0 Å². The fourth-order valence-electron chi connectivity index (χ4n) is 2.66. The first-order chi connectivity index (χ1) is 10.2. The smallest absolute Gasteiger partial charge is 0.550 e. The molecule has 22 heavy (non-hydrogen) atoms. The summed E-state index contributed by atoms with van der Waals surface area (Å²) in [5.41, 5.74) is 0. The van der Waals surface area contributed by atoms with Crippen molar-refractivity contribution in [2.75, 3.05) is 0 Å². The van der Waals surface area contributed by atoms with Crippen molar-refractivity contribution in [1.82, 2.24) is 0 Å². The predicted octanol–water partition coefficient (Wildman–Crippen LogP) is 0.973. The van der Waals surface area contributed by atoms with Gasteiger partial charge in [-0.3, -0.25) is 0 Å². The SMILES string of the molecule is CCCCCCC(O)CCCCCCCCCCC(=O)[O-].[Na+]. The summed E-state index contributed by atoms with van der Waals surface area (Å²) in [7, 11) is 0. The zero-order valence-corrected chi connectivity index (χ0v) is 16.9. The number of hydrogen-bond acceptors (Lipinski definition) is 3. The molecule has 1 unspecified atom stereocenters. The van der Waals surface area contributed by atoms with Crippen LogP contribution in [0, 0.1) is 0 Å². The Bertz CT molecular complexity index is 234. The van der Waals surface area contributed by atoms with Crippen molar-refractivity contribution < 1.29 is 44.6 Å². The predicted molar refractivity (Wildman–Crippen MR) is 85.9 cm³/mol. The van der Waals surface area contributed by atoms with Gasteiger partial charge >= 0.3 is 29.6 Å². The number of carbonyl (C=O) groups is 1. The molecule has 0 spiro atoms. The zero-order valence-electron chi connectivity index (χ0n) is 14.9. The molecule has 3 nitrogen and oxygen atoms in total. The van der Waals surface area contributed by atoms with E-state index < -0.39 is 5.97 Å². The molecule has 126 valence electrons. The maximum atomic E-state index is 10.2. The van der Waals surface area contributed by atoms with Gasteiger partial charge in [0, 0.05) is 5.97 Å². The summed E-state index contributed by atoms with van der Waals surface area (Å²) in [6, 6.07) is 0. The minimum Gasteiger partial charge on any atom is -0.550 e. The molecular formula is C18H35NaO3. The van der Waals surface area contributed by atoms with Gasteiger partial charge in [0.15, 0.2) is 0 Å². The van der Waals surface area contributed by atoms with Gasteiger partial charge in [0.25, 0.3) is 0 Å². The molecule has 4 heteroatoms. The van der Waals surface area contributed by atoms with Crippen molar-refractivity contribution in [3.63, 3.8) is 0 Å². The van der Waals surface area contributed by atoms with Crippen LogP contribution in [0.2, 0.25) is 0 Å². The molecule has 0 saturated heterocycles. The first-order valence-electron chi connectivity index (χ1n) is 9.04. The van der Waals surface area contributed by atoms with E-state index in [1.807, 2.05) is 0 Å². The Morgan fingerprint density at radius 2 is 1.23 bits per heavy atom. The maximum absolute atomic E-state index is 10.2. The first kappa shape index (κ1) is 24.7. The van der Waals surface area contributed by atoms with Crippen LogP contribution in [0.3, 0.4) is 0 Å². The third-order valence-corrected chi connectivity index (χ3v) is 4.06. The topological polar surface area (TPSA) is 60.4 Å². The van der Waals surface area contributed by atoms with E-state index in [1.165, 1.54) is 51.4 Å². The summed E-state index contributed by atoms with van der Waals surface area (Å²) in [6.07, 6.45) is 15.9. The largest absolute Gasteiger partial charge is 1.00 e. The molecule has 0 fully saturated rings. The van der Waals surface area contributed by atoms with Crippen LogP contribution in [0.1, 0.15) is 103 Å². The summed E-state index contributed by atoms with van der Waals surface area (Å²) in [6.45, 7) is 2.21. The van der Waals surface area contributed by atoms with E-state index in [-0.39, 0.29) is 42.1 Å². The van der Waals surface area contributed by atoms with E-state index in [2.05, 4.69) is 6.92 Å². The van der Waals surface area contributed by atoms with Crippen molar-refractivity contribution in [2.45, 2.75) is 109 Å². The summed E-state index contributed by atoms with van der Waals surface area (Å²) < 4.78 is 0. The summed E-state index contributed by atoms with van der Waals surface area (Å²) in [4.78, 5) is 10.2. The number of aliphatic hydroxyl groups is 1. The average Bonchev–Trinajstić information content (AvgIpc) is 2.45. The molecular weight excluding hydrogens is 287 g/mol. The van der Waals surface area contributed by atoms with Crippen molar-refractivity contribution >= 4 is 5.97 Å². The van der Waals surface area contributed by atoms with Crippen LogP contribution in [0.15, 0.2) is 0 Å². The van der Waals surface area contributed by atoms with E-state index in [0.29, 0.717) is 0 Å². The number of carbonyl (C=O) groups excluding carboxylic acids is 1. The van der Waals surface area contributed by atoms with Crippen LogP contribution < -0.4 is 34.7 Å². The number of hydrogen-bond donors (Lipinski definition) is 1. The van der Waals surface area contributed by atoms with E-state index in [0.717, 1.165) is 38.5 Å². The molecule has 0 rings (SSSR count). The average molecular weight is 322 g/mol. The van der Waals surface area contributed by atoms with Crippen molar-refractivity contribution in [3.8, 4) is 0 Å². The van der Waals surface area contributed by atoms with Gasteiger partial charge in [0.2, 0.25) is 0 Å². The zero-order chi connectivity index (χ0) is 15.8. The van der Waals surface area contributed by atoms with Gasteiger partial charge < -0.3 is 15.0 Å². The quantitative estimate of drug-likeness (QED) is 0.340. The Labute approximate surface area is 159 Å². The first-order valence-corrected chi connectivity index (χ1v) is 9.04. The van der Waals surface area contributed by atoms with E-state index in [4.69, 9.17) is 0 Å². The third-order valence-electron chi connectivity index (χ3n) is 4.06. The summed E-state index contributed by atoms with van der Waals surface area (Å²) in [5.74, 6) is -0.928. The molecule has 0 aliphatic carbocycles. The maximum Gasteiger partial charge on any atom is 1.00 e. The van der Waals surface area contributed by atoms with Gasteiger partial charge in [-0.15, -0.1) is 0 Å². The Morgan fingerprint density at radius 3 is 1.68 bits per heavy atom. The molecule has 0 aromatic carbocycles. The standard InChI is InChI=1S/C18H36O3.Na/c1-2-3-4-11-14-17(19)15-12-9-7-5-6-8-10-13-16-18(20)21;/h17,19H,2-16H2,1H3,(H,20,21);/q;+1/p-1. The van der Waals surface area contributed by atoms with Crippen LogP contribution in [-0.4, -0.2) is 17.2 Å². The minimum atomic E-state index is -0.928. The van der Waals surface area contributed by atoms with E-state index in [1.54, 1.807) is 0 Å². The Hall–Kier alpha value is 0.430. The third kappa shape index (κ3) is 20.4. The summed E-state index contributed by atoms with van der Waals surface area (Å²) >= 11 is 0. The summed E-state index contributed by atoms with van der Waals surface area (Å²) in [5, 5.41) is 20.1. The van der Waals surface area contributed by atoms with Gasteiger partial charge in [0.05, 0.1) is 6.10 Å². The normalized spacial score (nSPS) is 11.9. The fraction of sp³-hybridized carbons (Fsp3) is 0.944. The van der Waals surface area contributed by atoms with E-state index >= 15 is 0 Å². The Morgan fingerprint density at radius 1 is 0.818 bits per heavy atom. The van der Waals surface area contributed by atoms with Crippen molar-refractivity contribution in [1.29, 1.82) is 0 Å². The molecule has 0 saturated carbocycles. The molecule has 0 aliphatic heterocycles. The minimum absolute atomic E-state index is 0. The van der Waals surface area contributed by atoms with E-state index in [9.17, 15) is 15.0 Å². The van der Waals surface area contributed by atoms with Gasteiger partial charge in [-0.05, 0) is 25.7 Å². The van der Waals surface area contributed by atoms with Crippen molar-refractivity contribution in [2.24, 2.45) is 0 Å². The van der Waals surface area contributed by atoms with Gasteiger partial charge in [-0.2, -0.15) is 0 Å². The molecule has 0 amide bonds. The number of rotatable bonds is 16. The molecule has 0 aromatic heterocycles. The Balaban J connectivity index is 0. The van der Waals surface area contributed by atoms with Gasteiger partial charge in [0.1, 0.15) is 0 Å². The number of aliphatic carboxylic acids is 1. The van der Waals surface area contributed by atoms with Crippen LogP contribution in [0.25, 0.3) is 0 Å². The van der Waals surface area contributed by atoms with Crippen LogP contribution in [0.5, 0.6) is 0 Å². The van der Waals surface area contributed by atoms with Crippen LogP contribution >= 0.6 is 0 Å². The number of aliphatic hydroxyl groups excluding tert-OH is 1. The molecule has 1 N–H and O–H groups in total. The molecule has 0 radical (unpaired) electrons. The number of carboxylic acid groups (broad SMARTS) is 1. The van der Waals surface area contributed by atoms with Crippen LogP contribution in [0.4, 0.5) is 0 Å². The van der Waals surface area contributed by atoms with Crippen LogP contribution in [-0.2, 0) is 4.79 Å². The second-order valence-corrected chi connectivity index (χ2v) is 6.24. The monoisotopic (exact) mass is 322 g/mol. The second kappa shape index (κ2) is 19.5. The molecule has 1 atom stereocenters. The number of unbranched alkanes of at least 4 members (excludes halogenated alkanes) is 10. The molecule has 0 aliphatic rings. The second-order valence-electron chi connectivity index (χ2n) is 6.24. The Kier molecular flexibility index (Phi) is 21.8. The van der Waals surface area contributed by atoms with Gasteiger partial charge in [-0.25, -0.2) is 0 Å². The number of carboxylic acids is 1. The van der Waals surface area contributed by atoms with Gasteiger partial charge in [-0.1, -0.05) is 77.6 Å².